The van der Waals surface area contributed by atoms with E-state index in [1.807, 2.05) is 0 Å². The minimum atomic E-state index is -0.409. The van der Waals surface area contributed by atoms with Gasteiger partial charge in [-0.3, -0.25) is 0 Å². The molecule has 0 heterocycles. The third kappa shape index (κ3) is 20.5. The first-order valence-electron chi connectivity index (χ1n) is 11.6. The Morgan fingerprint density at radius 2 is 1.19 bits per heavy atom. The summed E-state index contributed by atoms with van der Waals surface area (Å²) in [5.41, 5.74) is 5.81. The van der Waals surface area contributed by atoms with Gasteiger partial charge >= 0.3 is 105 Å². The number of hydrogen-bond donors (Lipinski definition) is 1. The Labute approximate surface area is 176 Å². The van der Waals surface area contributed by atoms with Crippen LogP contribution in [0.5, 0.6) is 0 Å². The fraction of sp³-hybridized carbons (Fsp3) is 0.957. The molecular formula is C23H47NO2Se. The molecule has 0 bridgehead atoms. The van der Waals surface area contributed by atoms with Crippen LogP contribution in [0.1, 0.15) is 116 Å². The Balaban J connectivity index is 3.15. The summed E-state index contributed by atoms with van der Waals surface area (Å²) in [7, 11) is 0. The number of rotatable bonds is 21. The number of unbranched alkanes of at least 4 members (excludes halogenated alkanes) is 15. The van der Waals surface area contributed by atoms with E-state index < -0.39 is 6.04 Å². The third-order valence-corrected chi connectivity index (χ3v) is 6.53. The Kier molecular flexibility index (Phi) is 22.2. The van der Waals surface area contributed by atoms with E-state index in [0.29, 0.717) is 21.6 Å². The zero-order valence-corrected chi connectivity index (χ0v) is 20.0. The molecule has 0 aliphatic heterocycles. The number of nitrogens with two attached hydrogens (primary N) is 1. The zero-order valence-electron chi connectivity index (χ0n) is 18.3. The van der Waals surface area contributed by atoms with E-state index in [1.54, 1.807) is 0 Å². The van der Waals surface area contributed by atoms with Gasteiger partial charge in [-0.05, 0) is 0 Å². The molecule has 0 radical (unpaired) electrons. The predicted octanol–water partition coefficient (Wildman–Crippen LogP) is 6.68. The van der Waals surface area contributed by atoms with Crippen LogP contribution in [-0.2, 0) is 9.53 Å². The fourth-order valence-corrected chi connectivity index (χ4v) is 4.32. The molecule has 0 aliphatic carbocycles. The van der Waals surface area contributed by atoms with Crippen molar-refractivity contribution in [1.82, 2.24) is 0 Å². The van der Waals surface area contributed by atoms with Crippen molar-refractivity contribution in [2.24, 2.45) is 5.73 Å². The summed E-state index contributed by atoms with van der Waals surface area (Å²) < 4.78 is 5.26. The van der Waals surface area contributed by atoms with Gasteiger partial charge in [0.15, 0.2) is 0 Å². The number of carbonyl (C=O) groups excluding carboxylic acids is 1. The van der Waals surface area contributed by atoms with Crippen molar-refractivity contribution >= 4 is 20.9 Å². The van der Waals surface area contributed by atoms with Gasteiger partial charge in [0.25, 0.3) is 0 Å². The summed E-state index contributed by atoms with van der Waals surface area (Å²) >= 11 is 0.589. The SMILES string of the molecule is CCCCCCCCCCCCCCCCCCOC(=O)[C@@H](N)CC[Se]C. The van der Waals surface area contributed by atoms with Crippen LogP contribution in [0.4, 0.5) is 0 Å². The molecule has 1 atom stereocenters. The zero-order chi connectivity index (χ0) is 20.0. The monoisotopic (exact) mass is 449 g/mol. The second-order valence-electron chi connectivity index (χ2n) is 7.86. The van der Waals surface area contributed by atoms with E-state index in [2.05, 4.69) is 12.7 Å². The van der Waals surface area contributed by atoms with E-state index in [9.17, 15) is 4.79 Å². The molecular weight excluding hydrogens is 401 g/mol. The summed E-state index contributed by atoms with van der Waals surface area (Å²) in [6.45, 7) is 2.83. The van der Waals surface area contributed by atoms with Gasteiger partial charge in [0.1, 0.15) is 0 Å². The summed E-state index contributed by atoms with van der Waals surface area (Å²) in [5.74, 6) is 1.96. The van der Waals surface area contributed by atoms with Crippen molar-refractivity contribution in [2.45, 2.75) is 133 Å². The van der Waals surface area contributed by atoms with Crippen molar-refractivity contribution in [3.05, 3.63) is 0 Å². The van der Waals surface area contributed by atoms with Crippen LogP contribution in [0.15, 0.2) is 0 Å². The van der Waals surface area contributed by atoms with Gasteiger partial charge in [-0.15, -0.1) is 0 Å². The quantitative estimate of drug-likeness (QED) is 0.121. The van der Waals surface area contributed by atoms with Crippen LogP contribution in [0.3, 0.4) is 0 Å². The van der Waals surface area contributed by atoms with E-state index >= 15 is 0 Å². The maximum absolute atomic E-state index is 11.7. The molecule has 4 heteroatoms. The Morgan fingerprint density at radius 1 is 0.778 bits per heavy atom. The molecule has 162 valence electrons. The van der Waals surface area contributed by atoms with Crippen LogP contribution >= 0.6 is 0 Å². The van der Waals surface area contributed by atoms with Gasteiger partial charge in [-0.2, -0.15) is 0 Å². The van der Waals surface area contributed by atoms with Gasteiger partial charge in [0, 0.05) is 0 Å². The van der Waals surface area contributed by atoms with Gasteiger partial charge in [0.05, 0.1) is 0 Å². The van der Waals surface area contributed by atoms with Gasteiger partial charge in [-0.1, -0.05) is 71.1 Å². The minimum absolute atomic E-state index is 0.208. The van der Waals surface area contributed by atoms with Gasteiger partial charge in [0.2, 0.25) is 0 Å². The number of esters is 1. The van der Waals surface area contributed by atoms with Crippen LogP contribution in [0, 0.1) is 0 Å². The molecule has 0 rings (SSSR count). The summed E-state index contributed by atoms with van der Waals surface area (Å²) in [6.07, 6.45) is 22.5. The van der Waals surface area contributed by atoms with Crippen molar-refractivity contribution < 1.29 is 9.53 Å². The van der Waals surface area contributed by atoms with E-state index in [1.165, 1.54) is 96.3 Å². The van der Waals surface area contributed by atoms with Crippen LogP contribution in [0.25, 0.3) is 0 Å². The molecule has 0 aliphatic rings. The van der Waals surface area contributed by atoms with Crippen LogP contribution in [-0.4, -0.2) is 33.6 Å². The molecule has 0 unspecified atom stereocenters. The maximum atomic E-state index is 11.7. The van der Waals surface area contributed by atoms with Crippen LogP contribution in [0.2, 0.25) is 11.1 Å². The predicted molar refractivity (Wildman–Crippen MR) is 120 cm³/mol. The Bertz CT molecular complexity index is 313. The molecule has 0 saturated heterocycles. The van der Waals surface area contributed by atoms with Crippen molar-refractivity contribution in [1.29, 1.82) is 0 Å². The average molecular weight is 449 g/mol. The molecule has 0 aromatic carbocycles. The third-order valence-electron chi connectivity index (χ3n) is 5.18. The first-order chi connectivity index (χ1) is 13.2. The fourth-order valence-electron chi connectivity index (χ4n) is 3.29. The summed E-state index contributed by atoms with van der Waals surface area (Å²) in [4.78, 5) is 11.7. The molecule has 27 heavy (non-hydrogen) atoms. The molecule has 0 aromatic rings. The number of carbonyl (C=O) groups is 1. The summed E-state index contributed by atoms with van der Waals surface area (Å²) in [6, 6.07) is -0.409. The van der Waals surface area contributed by atoms with Crippen LogP contribution < -0.4 is 5.73 Å². The van der Waals surface area contributed by atoms with E-state index in [0.717, 1.165) is 18.2 Å². The van der Waals surface area contributed by atoms with E-state index in [-0.39, 0.29) is 5.97 Å². The first kappa shape index (κ1) is 26.9. The number of ether oxygens (including phenoxy) is 1. The Hall–Kier alpha value is -0.0505. The standard InChI is InChI=1S/C23H47NO2Se/c1-3-4-5-6-7-8-9-10-11-12-13-14-15-16-17-18-20-26-23(25)22(24)19-21-27-2/h22H,3-21,24H2,1-2H3/t22-/m0/s1. The molecule has 0 aromatic heterocycles. The molecule has 3 nitrogen and oxygen atoms in total. The normalized spacial score (nSPS) is 12.3. The molecule has 0 amide bonds. The molecule has 0 saturated carbocycles. The molecule has 0 fully saturated rings. The topological polar surface area (TPSA) is 52.3 Å². The van der Waals surface area contributed by atoms with Crippen molar-refractivity contribution in [3.63, 3.8) is 0 Å². The second kappa shape index (κ2) is 22.2. The van der Waals surface area contributed by atoms with E-state index in [4.69, 9.17) is 10.5 Å². The average Bonchev–Trinajstić information content (AvgIpc) is 2.68. The van der Waals surface area contributed by atoms with Crippen molar-refractivity contribution in [3.8, 4) is 0 Å². The van der Waals surface area contributed by atoms with Gasteiger partial charge in [-0.25, -0.2) is 0 Å². The summed E-state index contributed by atoms with van der Waals surface area (Å²) in [5, 5.41) is 1.06. The molecule has 2 N–H and O–H groups in total. The second-order valence-corrected chi connectivity index (χ2v) is 9.93. The van der Waals surface area contributed by atoms with Crippen molar-refractivity contribution in [2.75, 3.05) is 6.61 Å². The number of hydrogen-bond acceptors (Lipinski definition) is 3. The molecule has 0 spiro atoms. The Morgan fingerprint density at radius 3 is 1.59 bits per heavy atom. The first-order valence-corrected chi connectivity index (χ1v) is 14.6. The van der Waals surface area contributed by atoms with Gasteiger partial charge < -0.3 is 0 Å².